The maximum atomic E-state index is 12.4. The van der Waals surface area contributed by atoms with Crippen LogP contribution in [0.4, 0.5) is 0 Å². The van der Waals surface area contributed by atoms with Gasteiger partial charge in [0.05, 0.1) is 12.0 Å². The number of rotatable bonds is 9. The van der Waals surface area contributed by atoms with Gasteiger partial charge in [0.1, 0.15) is 0 Å². The number of hydrogen-bond donors (Lipinski definition) is 2. The van der Waals surface area contributed by atoms with Gasteiger partial charge in [-0.25, -0.2) is 0 Å². The molecule has 0 unspecified atom stereocenters. The predicted octanol–water partition coefficient (Wildman–Crippen LogP) is 1.54. The third kappa shape index (κ3) is 4.35. The lowest BCUT2D eigenvalue weighted by molar-refractivity contribution is -0.131. The van der Waals surface area contributed by atoms with Crippen LogP contribution in [0.3, 0.4) is 0 Å². The standard InChI is InChI=1S/C14H26N4O/c1-3-6-14(12-15,7-4-2)13(19)16-9-11-18-10-5-8-17-18/h5,8,10H,3-4,6-7,9,11-12,15H2,1-2H3,(H,16,19). The quantitative estimate of drug-likeness (QED) is 0.712. The Morgan fingerprint density at radius 1 is 1.37 bits per heavy atom. The molecule has 0 saturated heterocycles. The van der Waals surface area contributed by atoms with E-state index in [2.05, 4.69) is 24.3 Å². The Balaban J connectivity index is 2.51. The number of nitrogens with zero attached hydrogens (tertiary/aromatic N) is 2. The molecule has 5 nitrogen and oxygen atoms in total. The third-order valence-electron chi connectivity index (χ3n) is 3.52. The summed E-state index contributed by atoms with van der Waals surface area (Å²) in [5.41, 5.74) is 5.47. The summed E-state index contributed by atoms with van der Waals surface area (Å²) in [5, 5.41) is 7.11. The molecular formula is C14H26N4O. The first-order valence-corrected chi connectivity index (χ1v) is 7.14. The number of carbonyl (C=O) groups excluding carboxylic acids is 1. The molecule has 0 saturated carbocycles. The molecule has 1 heterocycles. The van der Waals surface area contributed by atoms with Crippen LogP contribution < -0.4 is 11.1 Å². The molecule has 3 N–H and O–H groups in total. The van der Waals surface area contributed by atoms with Gasteiger partial charge in [0.15, 0.2) is 0 Å². The molecule has 0 atom stereocenters. The number of nitrogens with two attached hydrogens (primary N) is 1. The fourth-order valence-electron chi connectivity index (χ4n) is 2.51. The maximum absolute atomic E-state index is 12.4. The smallest absolute Gasteiger partial charge is 0.227 e. The van der Waals surface area contributed by atoms with Gasteiger partial charge in [-0.15, -0.1) is 0 Å². The van der Waals surface area contributed by atoms with E-state index in [4.69, 9.17) is 5.73 Å². The van der Waals surface area contributed by atoms with Crippen molar-refractivity contribution >= 4 is 5.91 Å². The molecule has 0 radical (unpaired) electrons. The van der Waals surface area contributed by atoms with Crippen LogP contribution in [0.25, 0.3) is 0 Å². The van der Waals surface area contributed by atoms with E-state index in [1.165, 1.54) is 0 Å². The lowest BCUT2D eigenvalue weighted by atomic mass is 9.78. The van der Waals surface area contributed by atoms with Crippen LogP contribution in [0.2, 0.25) is 0 Å². The van der Waals surface area contributed by atoms with Gasteiger partial charge < -0.3 is 11.1 Å². The summed E-state index contributed by atoms with van der Waals surface area (Å²) < 4.78 is 1.81. The lowest BCUT2D eigenvalue weighted by Crippen LogP contribution is -2.46. The summed E-state index contributed by atoms with van der Waals surface area (Å²) >= 11 is 0. The van der Waals surface area contributed by atoms with Crippen LogP contribution in [-0.4, -0.2) is 28.8 Å². The second-order valence-electron chi connectivity index (χ2n) is 5.01. The third-order valence-corrected chi connectivity index (χ3v) is 3.52. The van der Waals surface area contributed by atoms with Crippen molar-refractivity contribution in [2.24, 2.45) is 11.1 Å². The molecule has 0 aromatic carbocycles. The highest BCUT2D eigenvalue weighted by Crippen LogP contribution is 2.28. The fraction of sp³-hybridized carbons (Fsp3) is 0.714. The van der Waals surface area contributed by atoms with Gasteiger partial charge in [0.2, 0.25) is 5.91 Å². The Labute approximate surface area is 115 Å². The minimum absolute atomic E-state index is 0.0888. The molecule has 0 aliphatic rings. The van der Waals surface area contributed by atoms with Crippen molar-refractivity contribution < 1.29 is 4.79 Å². The molecule has 5 heteroatoms. The minimum atomic E-state index is -0.395. The largest absolute Gasteiger partial charge is 0.354 e. The summed E-state index contributed by atoms with van der Waals surface area (Å²) in [7, 11) is 0. The Kier molecular flexibility index (Phi) is 6.56. The van der Waals surface area contributed by atoms with E-state index in [0.717, 1.165) is 25.7 Å². The van der Waals surface area contributed by atoms with Gasteiger partial charge in [-0.3, -0.25) is 9.48 Å². The van der Waals surface area contributed by atoms with Crippen LogP contribution in [0.15, 0.2) is 18.5 Å². The van der Waals surface area contributed by atoms with Crippen LogP contribution in [0, 0.1) is 5.41 Å². The zero-order valence-corrected chi connectivity index (χ0v) is 12.1. The van der Waals surface area contributed by atoms with Gasteiger partial charge in [-0.05, 0) is 18.9 Å². The second kappa shape index (κ2) is 7.94. The van der Waals surface area contributed by atoms with Crippen LogP contribution in [-0.2, 0) is 11.3 Å². The highest BCUT2D eigenvalue weighted by Gasteiger charge is 2.34. The number of hydrogen-bond acceptors (Lipinski definition) is 3. The van der Waals surface area contributed by atoms with Gasteiger partial charge in [0, 0.05) is 25.5 Å². The van der Waals surface area contributed by atoms with Crippen molar-refractivity contribution in [3.63, 3.8) is 0 Å². The van der Waals surface area contributed by atoms with Crippen molar-refractivity contribution in [3.8, 4) is 0 Å². The molecule has 0 fully saturated rings. The molecule has 1 amide bonds. The SMILES string of the molecule is CCCC(CN)(CCC)C(=O)NCCn1cccn1. The van der Waals surface area contributed by atoms with E-state index in [1.807, 2.05) is 16.9 Å². The first-order valence-electron chi connectivity index (χ1n) is 7.14. The topological polar surface area (TPSA) is 72.9 Å². The van der Waals surface area contributed by atoms with Gasteiger partial charge in [-0.1, -0.05) is 26.7 Å². The van der Waals surface area contributed by atoms with E-state index in [0.29, 0.717) is 19.6 Å². The summed E-state index contributed by atoms with van der Waals surface area (Å²) in [6.07, 6.45) is 7.28. The number of amides is 1. The molecule has 108 valence electrons. The zero-order chi connectivity index (χ0) is 14.1. The van der Waals surface area contributed by atoms with Gasteiger partial charge >= 0.3 is 0 Å². The average Bonchev–Trinajstić information content (AvgIpc) is 2.91. The Hall–Kier alpha value is -1.36. The molecule has 0 aliphatic heterocycles. The Bertz CT molecular complexity index is 356. The summed E-state index contributed by atoms with van der Waals surface area (Å²) in [5.74, 6) is 0.0888. The number of carbonyl (C=O) groups is 1. The van der Waals surface area contributed by atoms with Crippen molar-refractivity contribution in [1.82, 2.24) is 15.1 Å². The highest BCUT2D eigenvalue weighted by molar-refractivity contribution is 5.82. The fourth-order valence-corrected chi connectivity index (χ4v) is 2.51. The predicted molar refractivity (Wildman–Crippen MR) is 76.5 cm³/mol. The minimum Gasteiger partial charge on any atom is -0.354 e. The molecule has 19 heavy (non-hydrogen) atoms. The first kappa shape index (κ1) is 15.7. The highest BCUT2D eigenvalue weighted by atomic mass is 16.2. The molecule has 1 aromatic heterocycles. The zero-order valence-electron chi connectivity index (χ0n) is 12.1. The van der Waals surface area contributed by atoms with E-state index in [9.17, 15) is 4.79 Å². The molecule has 0 spiro atoms. The lowest BCUT2D eigenvalue weighted by Gasteiger charge is -2.30. The molecule has 0 bridgehead atoms. The Morgan fingerprint density at radius 2 is 2.05 bits per heavy atom. The van der Waals surface area contributed by atoms with Crippen molar-refractivity contribution in [1.29, 1.82) is 0 Å². The van der Waals surface area contributed by atoms with Gasteiger partial charge in [0.25, 0.3) is 0 Å². The summed E-state index contributed by atoms with van der Waals surface area (Å²) in [6.45, 7) is 5.89. The van der Waals surface area contributed by atoms with Crippen molar-refractivity contribution in [2.45, 2.75) is 46.1 Å². The number of nitrogens with one attached hydrogen (secondary N) is 1. The van der Waals surface area contributed by atoms with Crippen LogP contribution in [0.1, 0.15) is 39.5 Å². The Morgan fingerprint density at radius 3 is 2.53 bits per heavy atom. The number of aromatic nitrogens is 2. The second-order valence-corrected chi connectivity index (χ2v) is 5.01. The van der Waals surface area contributed by atoms with Gasteiger partial charge in [-0.2, -0.15) is 5.10 Å². The van der Waals surface area contributed by atoms with Crippen LogP contribution in [0.5, 0.6) is 0 Å². The molecule has 0 aliphatic carbocycles. The molecule has 1 aromatic rings. The normalized spacial score (nSPS) is 11.5. The summed E-state index contributed by atoms with van der Waals surface area (Å²) in [6, 6.07) is 1.88. The average molecular weight is 266 g/mol. The monoisotopic (exact) mass is 266 g/mol. The van der Waals surface area contributed by atoms with E-state index in [1.54, 1.807) is 6.20 Å². The van der Waals surface area contributed by atoms with Crippen molar-refractivity contribution in [2.75, 3.05) is 13.1 Å². The summed E-state index contributed by atoms with van der Waals surface area (Å²) in [4.78, 5) is 12.4. The maximum Gasteiger partial charge on any atom is 0.227 e. The molecule has 1 rings (SSSR count). The molecular weight excluding hydrogens is 240 g/mol. The van der Waals surface area contributed by atoms with E-state index < -0.39 is 5.41 Å². The van der Waals surface area contributed by atoms with Crippen LogP contribution >= 0.6 is 0 Å². The van der Waals surface area contributed by atoms with E-state index in [-0.39, 0.29) is 5.91 Å². The van der Waals surface area contributed by atoms with E-state index >= 15 is 0 Å². The van der Waals surface area contributed by atoms with Crippen molar-refractivity contribution in [3.05, 3.63) is 18.5 Å². The first-order chi connectivity index (χ1) is 9.18.